The van der Waals surface area contributed by atoms with E-state index < -0.39 is 11.7 Å². The second-order valence-electron chi connectivity index (χ2n) is 7.43. The Bertz CT molecular complexity index is 775. The van der Waals surface area contributed by atoms with Crippen molar-refractivity contribution < 1.29 is 24.1 Å². The van der Waals surface area contributed by atoms with E-state index in [0.29, 0.717) is 17.9 Å². The van der Waals surface area contributed by atoms with Crippen LogP contribution in [-0.2, 0) is 11.2 Å². The highest BCUT2D eigenvalue weighted by molar-refractivity contribution is 5.71. The Hall–Kier alpha value is -2.47. The Morgan fingerprint density at radius 2 is 2.04 bits per heavy atom. The van der Waals surface area contributed by atoms with Crippen LogP contribution in [0.1, 0.15) is 50.8 Å². The smallest absolute Gasteiger partial charge is 0.418 e. The summed E-state index contributed by atoms with van der Waals surface area (Å²) in [5.41, 5.74) is 1.34. The molecule has 1 aromatic carbocycles. The molecule has 0 aliphatic carbocycles. The van der Waals surface area contributed by atoms with E-state index in [9.17, 15) is 9.90 Å². The molecule has 0 fully saturated rings. The van der Waals surface area contributed by atoms with Crippen LogP contribution < -0.4 is 9.47 Å². The normalized spacial score (nSPS) is 14.3. The molecule has 1 aliphatic heterocycles. The largest absolute Gasteiger partial charge is 0.454 e. The monoisotopic (exact) mass is 359 g/mol. The van der Waals surface area contributed by atoms with Gasteiger partial charge in [0.15, 0.2) is 11.5 Å². The van der Waals surface area contributed by atoms with E-state index >= 15 is 0 Å². The van der Waals surface area contributed by atoms with Crippen LogP contribution in [0.15, 0.2) is 36.7 Å². The zero-order valence-corrected chi connectivity index (χ0v) is 15.4. The number of hydrogen-bond acceptors (Lipinski definition) is 5. The predicted molar refractivity (Wildman–Crippen MR) is 96.5 cm³/mol. The van der Waals surface area contributed by atoms with Crippen molar-refractivity contribution in [3.63, 3.8) is 0 Å². The van der Waals surface area contributed by atoms with Gasteiger partial charge in [-0.3, -0.25) is 4.57 Å². The number of aliphatic hydroxyl groups excluding tert-OH is 1. The molecule has 2 heterocycles. The van der Waals surface area contributed by atoms with E-state index in [-0.39, 0.29) is 12.9 Å². The van der Waals surface area contributed by atoms with Gasteiger partial charge < -0.3 is 19.3 Å². The highest BCUT2D eigenvalue weighted by atomic mass is 16.7. The molecule has 6 heteroatoms. The molecule has 1 atom stereocenters. The van der Waals surface area contributed by atoms with Crippen molar-refractivity contribution in [2.45, 2.75) is 51.7 Å². The van der Waals surface area contributed by atoms with Crippen molar-refractivity contribution in [1.82, 2.24) is 4.57 Å². The quantitative estimate of drug-likeness (QED) is 0.872. The summed E-state index contributed by atoms with van der Waals surface area (Å²) in [5, 5.41) is 10.4. The Kier molecular flexibility index (Phi) is 5.23. The van der Waals surface area contributed by atoms with E-state index in [4.69, 9.17) is 14.2 Å². The van der Waals surface area contributed by atoms with Gasteiger partial charge in [0.25, 0.3) is 0 Å². The number of aryl methyl sites for hydroxylation is 1. The first-order valence-electron chi connectivity index (χ1n) is 8.80. The molecular weight excluding hydrogens is 334 g/mol. The molecule has 1 aliphatic rings. The van der Waals surface area contributed by atoms with E-state index in [0.717, 1.165) is 24.0 Å². The number of hydrogen-bond donors (Lipinski definition) is 1. The van der Waals surface area contributed by atoms with Crippen LogP contribution in [0.2, 0.25) is 0 Å². The summed E-state index contributed by atoms with van der Waals surface area (Å²) in [6.45, 7) is 5.75. The molecule has 0 spiro atoms. The number of fused-ring (bicyclic) bond motifs is 1. The van der Waals surface area contributed by atoms with Crippen LogP contribution in [0.25, 0.3) is 0 Å². The van der Waals surface area contributed by atoms with Crippen LogP contribution in [0.5, 0.6) is 11.5 Å². The van der Waals surface area contributed by atoms with Crippen molar-refractivity contribution in [2.24, 2.45) is 0 Å². The lowest BCUT2D eigenvalue weighted by molar-refractivity contribution is 0.0537. The van der Waals surface area contributed by atoms with Crippen LogP contribution in [0, 0.1) is 0 Å². The highest BCUT2D eigenvalue weighted by Crippen LogP contribution is 2.35. The summed E-state index contributed by atoms with van der Waals surface area (Å²) in [4.78, 5) is 12.0. The molecule has 0 saturated heterocycles. The first-order chi connectivity index (χ1) is 12.3. The number of aromatic nitrogens is 1. The Morgan fingerprint density at radius 1 is 1.27 bits per heavy atom. The molecule has 1 unspecified atom stereocenters. The molecule has 0 bridgehead atoms. The standard InChI is InChI=1S/C20H25NO5/c1-20(2,3)26-19(23)21-10-9-14(12-21)5-4-6-16(22)15-7-8-17-18(11-15)25-13-24-17/h7-12,16,22H,4-6,13H2,1-3H3. The SMILES string of the molecule is CC(C)(C)OC(=O)n1ccc(CCCC(O)c2ccc3c(c2)OCO3)c1. The Morgan fingerprint density at radius 3 is 2.81 bits per heavy atom. The molecule has 1 aromatic heterocycles. The molecule has 0 saturated carbocycles. The second kappa shape index (κ2) is 7.41. The van der Waals surface area contributed by atoms with Gasteiger partial charge in [0.2, 0.25) is 6.79 Å². The minimum absolute atomic E-state index is 0.226. The van der Waals surface area contributed by atoms with E-state index in [2.05, 4.69) is 0 Å². The van der Waals surface area contributed by atoms with Crippen molar-refractivity contribution in [3.8, 4) is 11.5 Å². The van der Waals surface area contributed by atoms with Crippen LogP contribution >= 0.6 is 0 Å². The van der Waals surface area contributed by atoms with Gasteiger partial charge in [0.1, 0.15) is 5.60 Å². The molecule has 6 nitrogen and oxygen atoms in total. The third kappa shape index (κ3) is 4.58. The maximum absolute atomic E-state index is 12.0. The minimum atomic E-state index is -0.558. The fraction of sp³-hybridized carbons (Fsp3) is 0.450. The number of ether oxygens (including phenoxy) is 3. The van der Waals surface area contributed by atoms with Crippen LogP contribution in [-0.4, -0.2) is 28.2 Å². The van der Waals surface area contributed by atoms with Crippen molar-refractivity contribution in [3.05, 3.63) is 47.8 Å². The predicted octanol–water partition coefficient (Wildman–Crippen LogP) is 4.06. The molecule has 3 rings (SSSR count). The number of carbonyl (C=O) groups excluding carboxylic acids is 1. The maximum atomic E-state index is 12.0. The number of aliphatic hydroxyl groups is 1. The molecule has 0 radical (unpaired) electrons. The summed E-state index contributed by atoms with van der Waals surface area (Å²) >= 11 is 0. The second-order valence-corrected chi connectivity index (χ2v) is 7.43. The average molecular weight is 359 g/mol. The molecule has 0 amide bonds. The number of rotatable bonds is 5. The van der Waals surface area contributed by atoms with Crippen LogP contribution in [0.4, 0.5) is 4.79 Å². The summed E-state index contributed by atoms with van der Waals surface area (Å²) in [6, 6.07) is 7.40. The first-order valence-corrected chi connectivity index (χ1v) is 8.80. The van der Waals surface area contributed by atoms with Crippen molar-refractivity contribution in [1.29, 1.82) is 0 Å². The third-order valence-electron chi connectivity index (χ3n) is 4.08. The van der Waals surface area contributed by atoms with Gasteiger partial charge in [-0.25, -0.2) is 4.79 Å². The molecule has 140 valence electrons. The van der Waals surface area contributed by atoms with E-state index in [1.165, 1.54) is 4.57 Å². The summed E-state index contributed by atoms with van der Waals surface area (Å²) in [6.07, 6.45) is 4.74. The number of nitrogens with zero attached hydrogens (tertiary/aromatic N) is 1. The first kappa shape index (κ1) is 18.3. The topological polar surface area (TPSA) is 69.9 Å². The highest BCUT2D eigenvalue weighted by Gasteiger charge is 2.18. The zero-order valence-electron chi connectivity index (χ0n) is 15.4. The molecule has 26 heavy (non-hydrogen) atoms. The van der Waals surface area contributed by atoms with Crippen molar-refractivity contribution in [2.75, 3.05) is 6.79 Å². The summed E-state index contributed by atoms with van der Waals surface area (Å²) < 4.78 is 17.4. The van der Waals surface area contributed by atoms with E-state index in [1.54, 1.807) is 12.4 Å². The van der Waals surface area contributed by atoms with Gasteiger partial charge in [-0.1, -0.05) is 6.07 Å². The lowest BCUT2D eigenvalue weighted by Gasteiger charge is -2.19. The van der Waals surface area contributed by atoms with E-state index in [1.807, 2.05) is 45.0 Å². The fourth-order valence-corrected chi connectivity index (χ4v) is 2.80. The average Bonchev–Trinajstić information content (AvgIpc) is 3.21. The van der Waals surface area contributed by atoms with Gasteiger partial charge in [0.05, 0.1) is 6.10 Å². The lowest BCUT2D eigenvalue weighted by atomic mass is 10.0. The molecule has 1 N–H and O–H groups in total. The maximum Gasteiger partial charge on any atom is 0.418 e. The Balaban J connectivity index is 1.50. The third-order valence-corrected chi connectivity index (χ3v) is 4.08. The summed E-state index contributed by atoms with van der Waals surface area (Å²) in [7, 11) is 0. The van der Waals surface area contributed by atoms with Crippen molar-refractivity contribution >= 4 is 6.09 Å². The zero-order chi connectivity index (χ0) is 18.7. The number of benzene rings is 1. The van der Waals surface area contributed by atoms with Gasteiger partial charge in [-0.15, -0.1) is 0 Å². The number of carbonyl (C=O) groups is 1. The van der Waals surface area contributed by atoms with Crippen LogP contribution in [0.3, 0.4) is 0 Å². The lowest BCUT2D eigenvalue weighted by Crippen LogP contribution is -2.26. The molecular formula is C20H25NO5. The molecule has 2 aromatic rings. The van der Waals surface area contributed by atoms with Gasteiger partial charge in [-0.2, -0.15) is 0 Å². The fourth-order valence-electron chi connectivity index (χ4n) is 2.80. The summed E-state index contributed by atoms with van der Waals surface area (Å²) in [5.74, 6) is 1.39. The minimum Gasteiger partial charge on any atom is -0.454 e. The van der Waals surface area contributed by atoms with Gasteiger partial charge in [0, 0.05) is 12.4 Å². The van der Waals surface area contributed by atoms with Gasteiger partial charge >= 0.3 is 6.09 Å². The van der Waals surface area contributed by atoms with Gasteiger partial charge in [-0.05, 0) is 69.4 Å². The Labute approximate surface area is 153 Å².